The molecule has 1 amide bonds. The van der Waals surface area contributed by atoms with Gasteiger partial charge >= 0.3 is 5.97 Å². The molecule has 25 heavy (non-hydrogen) atoms. The molecule has 0 bridgehead atoms. The number of carbonyl (C=O) groups is 2. The van der Waals surface area contributed by atoms with E-state index in [2.05, 4.69) is 9.88 Å². The lowest BCUT2D eigenvalue weighted by molar-refractivity contribution is -0.144. The first-order valence-electron chi connectivity index (χ1n) is 8.22. The van der Waals surface area contributed by atoms with E-state index in [4.69, 9.17) is 0 Å². The molecule has 0 aliphatic carbocycles. The van der Waals surface area contributed by atoms with Crippen LogP contribution in [-0.4, -0.2) is 57.4 Å². The van der Waals surface area contributed by atoms with Gasteiger partial charge in [0.25, 0.3) is 5.91 Å². The van der Waals surface area contributed by atoms with Crippen molar-refractivity contribution in [2.24, 2.45) is 0 Å². The van der Waals surface area contributed by atoms with Gasteiger partial charge in [-0.1, -0.05) is 12.1 Å². The second-order valence-electron chi connectivity index (χ2n) is 6.28. The predicted molar refractivity (Wildman–Crippen MR) is 95.5 cm³/mol. The Kier molecular flexibility index (Phi) is 5.45. The van der Waals surface area contributed by atoms with E-state index < -0.39 is 12.0 Å². The average Bonchev–Trinajstić information content (AvgIpc) is 3.16. The first-order chi connectivity index (χ1) is 12.1. The van der Waals surface area contributed by atoms with Gasteiger partial charge in [-0.15, -0.1) is 11.3 Å². The fraction of sp³-hybridized carbons (Fsp3) is 0.389. The number of aliphatic carboxylic acids is 1. The molecule has 6 nitrogen and oxygen atoms in total. The number of nitrogens with zero attached hydrogens (tertiary/aromatic N) is 3. The first-order valence-corrected chi connectivity index (χ1v) is 9.10. The van der Waals surface area contributed by atoms with E-state index >= 15 is 0 Å². The number of piperidine rings is 1. The van der Waals surface area contributed by atoms with Crippen LogP contribution in [0.25, 0.3) is 0 Å². The first kappa shape index (κ1) is 17.6. The molecule has 3 rings (SSSR count). The smallest absolute Gasteiger partial charge is 0.326 e. The van der Waals surface area contributed by atoms with E-state index in [1.54, 1.807) is 12.3 Å². The average molecular weight is 359 g/mol. The van der Waals surface area contributed by atoms with Crippen LogP contribution in [0.5, 0.6) is 0 Å². The van der Waals surface area contributed by atoms with E-state index in [9.17, 15) is 14.7 Å². The van der Waals surface area contributed by atoms with Gasteiger partial charge in [0.1, 0.15) is 6.04 Å². The fourth-order valence-corrected chi connectivity index (χ4v) is 3.95. The van der Waals surface area contributed by atoms with Crippen molar-refractivity contribution >= 4 is 23.2 Å². The summed E-state index contributed by atoms with van der Waals surface area (Å²) in [5, 5.41) is 11.5. The molecule has 7 heteroatoms. The zero-order valence-corrected chi connectivity index (χ0v) is 14.9. The lowest BCUT2D eigenvalue weighted by Crippen LogP contribution is -2.54. The second kappa shape index (κ2) is 7.76. The Labute approximate surface area is 150 Å². The number of amides is 1. The number of hydrogen-bond acceptors (Lipinski definition) is 5. The SMILES string of the molecule is CN(Cc1cccnc1)[C@@H]1CCN(C(=O)c2cccs2)[C@H](C(=O)O)C1. The maximum absolute atomic E-state index is 12.6. The van der Waals surface area contributed by atoms with Crippen LogP contribution in [0.1, 0.15) is 28.1 Å². The van der Waals surface area contributed by atoms with Crippen LogP contribution in [0.4, 0.5) is 0 Å². The summed E-state index contributed by atoms with van der Waals surface area (Å²) >= 11 is 1.35. The molecule has 132 valence electrons. The van der Waals surface area contributed by atoms with Crippen LogP contribution in [-0.2, 0) is 11.3 Å². The third-order valence-corrected chi connectivity index (χ3v) is 5.49. The maximum atomic E-state index is 12.6. The van der Waals surface area contributed by atoms with Gasteiger partial charge in [0.15, 0.2) is 0 Å². The Hall–Kier alpha value is -2.25. The lowest BCUT2D eigenvalue weighted by atomic mass is 9.95. The van der Waals surface area contributed by atoms with Crippen LogP contribution < -0.4 is 0 Å². The van der Waals surface area contributed by atoms with Gasteiger partial charge in [-0.05, 0) is 43.0 Å². The second-order valence-corrected chi connectivity index (χ2v) is 7.23. The lowest BCUT2D eigenvalue weighted by Gasteiger charge is -2.40. The van der Waals surface area contributed by atoms with Gasteiger partial charge in [-0.3, -0.25) is 14.7 Å². The highest BCUT2D eigenvalue weighted by molar-refractivity contribution is 7.12. The van der Waals surface area contributed by atoms with Crippen molar-refractivity contribution < 1.29 is 14.7 Å². The summed E-state index contributed by atoms with van der Waals surface area (Å²) in [4.78, 5) is 32.7. The van der Waals surface area contributed by atoms with Crippen molar-refractivity contribution in [2.45, 2.75) is 31.5 Å². The Morgan fingerprint density at radius 2 is 2.24 bits per heavy atom. The van der Waals surface area contributed by atoms with Crippen LogP contribution >= 0.6 is 11.3 Å². The Morgan fingerprint density at radius 1 is 1.40 bits per heavy atom. The van der Waals surface area contributed by atoms with Gasteiger partial charge in [-0.25, -0.2) is 4.79 Å². The fourth-order valence-electron chi connectivity index (χ4n) is 3.27. The van der Waals surface area contributed by atoms with Crippen molar-refractivity contribution in [3.05, 3.63) is 52.5 Å². The zero-order chi connectivity index (χ0) is 17.8. The quantitative estimate of drug-likeness (QED) is 0.887. The number of rotatable bonds is 5. The molecule has 0 spiro atoms. The van der Waals surface area contributed by atoms with Crippen molar-refractivity contribution in [1.29, 1.82) is 0 Å². The number of aromatic nitrogens is 1. The van der Waals surface area contributed by atoms with Crippen LogP contribution in [0.15, 0.2) is 42.0 Å². The van der Waals surface area contributed by atoms with Crippen LogP contribution in [0.3, 0.4) is 0 Å². The molecule has 2 aromatic rings. The molecule has 3 heterocycles. The van der Waals surface area contributed by atoms with Gasteiger partial charge in [-0.2, -0.15) is 0 Å². The number of carboxylic acid groups (broad SMARTS) is 1. The number of thiophene rings is 1. The minimum absolute atomic E-state index is 0.119. The Balaban J connectivity index is 1.68. The van der Waals surface area contributed by atoms with Crippen molar-refractivity contribution in [1.82, 2.24) is 14.8 Å². The van der Waals surface area contributed by atoms with Crippen LogP contribution in [0.2, 0.25) is 0 Å². The molecule has 2 aromatic heterocycles. The minimum Gasteiger partial charge on any atom is -0.480 e. The van der Waals surface area contributed by atoms with Crippen molar-refractivity contribution in [3.63, 3.8) is 0 Å². The third-order valence-electron chi connectivity index (χ3n) is 4.63. The summed E-state index contributed by atoms with van der Waals surface area (Å²) in [5.41, 5.74) is 1.09. The van der Waals surface area contributed by atoms with Gasteiger partial charge in [0.2, 0.25) is 0 Å². The molecule has 1 N–H and O–H groups in total. The van der Waals surface area contributed by atoms with E-state index in [-0.39, 0.29) is 11.9 Å². The summed E-state index contributed by atoms with van der Waals surface area (Å²) in [6.45, 7) is 1.17. The van der Waals surface area contributed by atoms with Gasteiger partial charge < -0.3 is 10.0 Å². The molecule has 0 aromatic carbocycles. The third kappa shape index (κ3) is 4.05. The van der Waals surface area contributed by atoms with Gasteiger partial charge in [0, 0.05) is 31.5 Å². The molecule has 0 unspecified atom stereocenters. The standard InChI is InChI=1S/C18H21N3O3S/c1-20(12-13-4-2-7-19-11-13)14-6-8-21(15(10-14)18(23)24)17(22)16-5-3-9-25-16/h2-5,7,9,11,14-15H,6,8,10,12H2,1H3,(H,23,24)/t14-,15+/m1/s1. The summed E-state index contributed by atoms with van der Waals surface area (Å²) in [6.07, 6.45) is 4.75. The molecule has 0 radical (unpaired) electrons. The van der Waals surface area contributed by atoms with Crippen LogP contribution in [0, 0.1) is 0 Å². The highest BCUT2D eigenvalue weighted by atomic mass is 32.1. The molecule has 1 aliphatic rings. The molecule has 1 aliphatic heterocycles. The number of pyridine rings is 1. The summed E-state index contributed by atoms with van der Waals surface area (Å²) in [7, 11) is 1.99. The predicted octanol–water partition coefficient (Wildman–Crippen LogP) is 2.33. The Bertz CT molecular complexity index is 720. The normalized spacial score (nSPS) is 20.6. The molecular formula is C18H21N3O3S. The van der Waals surface area contributed by atoms with Crippen molar-refractivity contribution in [3.8, 4) is 0 Å². The minimum atomic E-state index is -0.940. The highest BCUT2D eigenvalue weighted by Crippen LogP contribution is 2.25. The molecule has 1 saturated heterocycles. The number of hydrogen-bond donors (Lipinski definition) is 1. The highest BCUT2D eigenvalue weighted by Gasteiger charge is 2.38. The number of carbonyl (C=O) groups excluding carboxylic acids is 1. The topological polar surface area (TPSA) is 73.7 Å². The Morgan fingerprint density at radius 3 is 2.88 bits per heavy atom. The molecule has 2 atom stereocenters. The van der Waals surface area contributed by atoms with E-state index in [0.29, 0.717) is 24.4 Å². The monoisotopic (exact) mass is 359 g/mol. The molecule has 1 fully saturated rings. The molecular weight excluding hydrogens is 338 g/mol. The molecule has 0 saturated carbocycles. The van der Waals surface area contributed by atoms with E-state index in [1.807, 2.05) is 36.8 Å². The number of likely N-dealkylation sites (tertiary alicyclic amines) is 1. The summed E-state index contributed by atoms with van der Waals surface area (Å²) in [5.74, 6) is -1.12. The van der Waals surface area contributed by atoms with Gasteiger partial charge in [0.05, 0.1) is 4.88 Å². The van der Waals surface area contributed by atoms with E-state index in [0.717, 1.165) is 12.0 Å². The van der Waals surface area contributed by atoms with E-state index in [1.165, 1.54) is 16.2 Å². The summed E-state index contributed by atoms with van der Waals surface area (Å²) in [6, 6.07) is 6.78. The van der Waals surface area contributed by atoms with Crippen molar-refractivity contribution in [2.75, 3.05) is 13.6 Å². The maximum Gasteiger partial charge on any atom is 0.326 e. The zero-order valence-electron chi connectivity index (χ0n) is 14.0. The largest absolute Gasteiger partial charge is 0.480 e. The number of carboxylic acids is 1. The summed E-state index contributed by atoms with van der Waals surface area (Å²) < 4.78 is 0.